The topological polar surface area (TPSA) is 63.6 Å². The van der Waals surface area contributed by atoms with Crippen LogP contribution in [0.1, 0.15) is 24.8 Å². The van der Waals surface area contributed by atoms with Crippen LogP contribution in [0.4, 0.5) is 0 Å². The van der Waals surface area contributed by atoms with Gasteiger partial charge < -0.3 is 13.9 Å². The summed E-state index contributed by atoms with van der Waals surface area (Å²) >= 11 is 0. The number of hydrogen-bond acceptors (Lipinski definition) is 3. The van der Waals surface area contributed by atoms with Crippen molar-refractivity contribution in [2.75, 3.05) is 0 Å². The summed E-state index contributed by atoms with van der Waals surface area (Å²) in [5.74, 6) is 0. The lowest BCUT2D eigenvalue weighted by molar-refractivity contribution is -0.107. The first-order valence-corrected chi connectivity index (χ1v) is 9.15. The maximum absolute atomic E-state index is 10.7. The van der Waals surface area contributed by atoms with Gasteiger partial charge in [0.05, 0.1) is 12.4 Å². The second kappa shape index (κ2) is 7.46. The number of hydrogen-bond donors (Lipinski definition) is 0. The number of carbonyl (C=O) groups excluding carboxylic acids is 1. The monoisotopic (exact) mass is 356 g/mol. The van der Waals surface area contributed by atoms with Crippen LogP contribution >= 0.6 is 0 Å². The molecule has 0 unspecified atom stereocenters. The zero-order valence-electron chi connectivity index (χ0n) is 15.0. The lowest BCUT2D eigenvalue weighted by Gasteiger charge is -2.07. The fraction of sp³-hybridized carbons (Fsp3) is 0.227. The molecule has 5 nitrogen and oxygen atoms in total. The molecule has 0 atom stereocenters. The predicted octanol–water partition coefficient (Wildman–Crippen LogP) is 4.42. The van der Waals surface area contributed by atoms with E-state index in [9.17, 15) is 4.79 Å². The first-order valence-electron chi connectivity index (χ1n) is 9.15. The quantitative estimate of drug-likeness (QED) is 0.364. The third-order valence-electron chi connectivity index (χ3n) is 4.94. The van der Waals surface area contributed by atoms with Crippen molar-refractivity contribution in [2.24, 2.45) is 0 Å². The Kier molecular flexibility index (Phi) is 4.71. The third-order valence-corrected chi connectivity index (χ3v) is 4.94. The molecule has 2 aromatic heterocycles. The summed E-state index contributed by atoms with van der Waals surface area (Å²) in [5, 5.41) is 11.3. The minimum atomic E-state index is 0.533. The summed E-state index contributed by atoms with van der Waals surface area (Å²) in [5.41, 5.74) is 4.56. The molecule has 0 saturated heterocycles. The molecule has 0 N–H and O–H groups in total. The molecule has 0 aliphatic rings. The van der Waals surface area contributed by atoms with Gasteiger partial charge in [0, 0.05) is 59.3 Å². The first-order chi connectivity index (χ1) is 13.3. The maximum atomic E-state index is 10.7. The lowest BCUT2D eigenvalue weighted by atomic mass is 10.1. The average Bonchev–Trinajstić information content (AvgIpc) is 3.33. The second-order valence-corrected chi connectivity index (χ2v) is 6.64. The number of benzene rings is 2. The summed E-state index contributed by atoms with van der Waals surface area (Å²) in [6.45, 7) is 0.801. The molecule has 5 heteroatoms. The minimum Gasteiger partial charge on any atom is -0.340 e. The van der Waals surface area contributed by atoms with E-state index in [0.717, 1.165) is 42.4 Å². The molecule has 27 heavy (non-hydrogen) atoms. The lowest BCUT2D eigenvalue weighted by Crippen LogP contribution is -1.98. The fourth-order valence-corrected chi connectivity index (χ4v) is 3.64. The van der Waals surface area contributed by atoms with Crippen molar-refractivity contribution in [2.45, 2.75) is 32.2 Å². The van der Waals surface area contributed by atoms with E-state index in [0.29, 0.717) is 12.8 Å². The molecule has 2 heterocycles. The number of carbonyl (C=O) groups is 1. The van der Waals surface area contributed by atoms with Crippen LogP contribution in [-0.4, -0.2) is 20.4 Å². The van der Waals surface area contributed by atoms with Crippen LogP contribution < -0.4 is 0 Å². The average molecular weight is 356 g/mol. The Labute approximate surface area is 157 Å². The molecule has 0 aliphatic heterocycles. The zero-order chi connectivity index (χ0) is 18.6. The molecular weight excluding hydrogens is 336 g/mol. The number of unbranched alkanes of at least 4 members (excludes halogenated alkanes) is 1. The van der Waals surface area contributed by atoms with Crippen molar-refractivity contribution in [1.29, 1.82) is 5.26 Å². The van der Waals surface area contributed by atoms with Gasteiger partial charge in [-0.05, 0) is 42.7 Å². The predicted molar refractivity (Wildman–Crippen MR) is 106 cm³/mol. The summed E-state index contributed by atoms with van der Waals surface area (Å²) in [7, 11) is 0. The molecule has 0 bridgehead atoms. The molecule has 134 valence electrons. The molecule has 4 rings (SSSR count). The van der Waals surface area contributed by atoms with E-state index in [1.165, 1.54) is 16.3 Å². The highest BCUT2D eigenvalue weighted by Crippen LogP contribution is 2.32. The van der Waals surface area contributed by atoms with E-state index in [4.69, 9.17) is 5.26 Å². The summed E-state index contributed by atoms with van der Waals surface area (Å²) in [4.78, 5) is 14.9. The molecule has 0 radical (unpaired) electrons. The molecule has 0 fully saturated rings. The normalized spacial score (nSPS) is 11.1. The van der Waals surface area contributed by atoms with Crippen molar-refractivity contribution >= 4 is 28.1 Å². The Morgan fingerprint density at radius 1 is 1.11 bits per heavy atom. The van der Waals surface area contributed by atoms with Crippen LogP contribution in [0.5, 0.6) is 0 Å². The van der Waals surface area contributed by atoms with Crippen LogP contribution in [-0.2, 0) is 17.8 Å². The fourth-order valence-electron chi connectivity index (χ4n) is 3.64. The summed E-state index contributed by atoms with van der Waals surface area (Å²) in [6, 6.07) is 15.1. The van der Waals surface area contributed by atoms with Crippen LogP contribution in [0.25, 0.3) is 27.5 Å². The van der Waals surface area contributed by atoms with Crippen molar-refractivity contribution in [1.82, 2.24) is 14.1 Å². The molecule has 0 spiro atoms. The molecular formula is C22H20N4O. The number of nitrogens with zero attached hydrogens (tertiary/aromatic N) is 4. The third kappa shape index (κ3) is 3.22. The maximum Gasteiger partial charge on any atom is 0.120 e. The first kappa shape index (κ1) is 17.0. The van der Waals surface area contributed by atoms with Gasteiger partial charge in [-0.2, -0.15) is 5.26 Å². The molecule has 0 aliphatic carbocycles. The van der Waals surface area contributed by atoms with Gasteiger partial charge in [-0.15, -0.1) is 0 Å². The van der Waals surface area contributed by atoms with Crippen LogP contribution in [0.3, 0.4) is 0 Å². The zero-order valence-corrected chi connectivity index (χ0v) is 15.0. The smallest absolute Gasteiger partial charge is 0.120 e. The summed E-state index contributed by atoms with van der Waals surface area (Å²) in [6.07, 6.45) is 9.11. The minimum absolute atomic E-state index is 0.533. The van der Waals surface area contributed by atoms with E-state index < -0.39 is 0 Å². The largest absolute Gasteiger partial charge is 0.340 e. The van der Waals surface area contributed by atoms with E-state index >= 15 is 0 Å². The highest BCUT2D eigenvalue weighted by Gasteiger charge is 2.12. The van der Waals surface area contributed by atoms with Gasteiger partial charge in [0.1, 0.15) is 6.29 Å². The van der Waals surface area contributed by atoms with Crippen molar-refractivity contribution in [3.05, 3.63) is 60.7 Å². The van der Waals surface area contributed by atoms with E-state index in [1.54, 1.807) is 12.5 Å². The number of imidazole rings is 1. The van der Waals surface area contributed by atoms with Gasteiger partial charge >= 0.3 is 0 Å². The Hall–Kier alpha value is -3.39. The Balaban J connectivity index is 1.88. The number of aldehydes is 1. The molecule has 0 amide bonds. The standard InChI is InChI=1S/C22H20N4O/c23-9-1-2-11-26-21-8-6-18(25-12-10-24-16-25)15-20(21)19-7-5-17(4-3-13-27)14-22(19)26/h5-8,10,12-16H,1-4,11H2. The van der Waals surface area contributed by atoms with E-state index in [-0.39, 0.29) is 0 Å². The van der Waals surface area contributed by atoms with E-state index in [1.807, 2.05) is 10.8 Å². The highest BCUT2D eigenvalue weighted by molar-refractivity contribution is 6.08. The molecule has 4 aromatic rings. The molecule has 2 aromatic carbocycles. The van der Waals surface area contributed by atoms with Crippen molar-refractivity contribution in [3.8, 4) is 11.8 Å². The van der Waals surface area contributed by atoms with Crippen LogP contribution in [0, 0.1) is 11.3 Å². The Morgan fingerprint density at radius 2 is 2.04 bits per heavy atom. The van der Waals surface area contributed by atoms with Crippen molar-refractivity contribution in [3.63, 3.8) is 0 Å². The summed E-state index contributed by atoms with van der Waals surface area (Å²) < 4.78 is 4.29. The molecule has 0 saturated carbocycles. The second-order valence-electron chi connectivity index (χ2n) is 6.64. The number of nitriles is 1. The number of rotatable bonds is 7. The van der Waals surface area contributed by atoms with Gasteiger partial charge in [-0.3, -0.25) is 0 Å². The number of fused-ring (bicyclic) bond motifs is 3. The van der Waals surface area contributed by atoms with Crippen LogP contribution in [0.2, 0.25) is 0 Å². The highest BCUT2D eigenvalue weighted by atomic mass is 16.1. The van der Waals surface area contributed by atoms with E-state index in [2.05, 4.69) is 52.0 Å². The van der Waals surface area contributed by atoms with Gasteiger partial charge in [0.15, 0.2) is 0 Å². The van der Waals surface area contributed by atoms with Crippen LogP contribution in [0.15, 0.2) is 55.1 Å². The van der Waals surface area contributed by atoms with Crippen molar-refractivity contribution < 1.29 is 4.79 Å². The van der Waals surface area contributed by atoms with Gasteiger partial charge in [0.25, 0.3) is 0 Å². The number of aromatic nitrogens is 3. The SMILES string of the molecule is N#CCCCn1c2ccc(-n3ccnc3)cc2c2ccc(CCC=O)cc21. The Bertz CT molecular complexity index is 1130. The Morgan fingerprint density at radius 3 is 2.81 bits per heavy atom. The van der Waals surface area contributed by atoms with Gasteiger partial charge in [-0.1, -0.05) is 12.1 Å². The number of aryl methyl sites for hydroxylation is 2. The van der Waals surface area contributed by atoms with Gasteiger partial charge in [0.2, 0.25) is 0 Å². The van der Waals surface area contributed by atoms with Gasteiger partial charge in [-0.25, -0.2) is 4.98 Å².